The Morgan fingerprint density at radius 3 is 2.19 bits per heavy atom. The Balaban J connectivity index is 4.82. The molecule has 0 saturated heterocycles. The maximum atomic E-state index is 12.9. The fourth-order valence-corrected chi connectivity index (χ4v) is 1.46. The van der Waals surface area contributed by atoms with Gasteiger partial charge in [-0.3, -0.25) is 0 Å². The zero-order valence-corrected chi connectivity index (χ0v) is 9.86. The second-order valence-electron chi connectivity index (χ2n) is 3.85. The van der Waals surface area contributed by atoms with E-state index in [2.05, 4.69) is 13.2 Å². The third-order valence-corrected chi connectivity index (χ3v) is 2.32. The van der Waals surface area contributed by atoms with Crippen LogP contribution in [0.2, 0.25) is 0 Å². The zero-order chi connectivity index (χ0) is 12.8. The Morgan fingerprint density at radius 2 is 1.88 bits per heavy atom. The van der Waals surface area contributed by atoms with Gasteiger partial charge in [0.1, 0.15) is 0 Å². The van der Waals surface area contributed by atoms with E-state index in [1.165, 1.54) is 6.92 Å². The van der Waals surface area contributed by atoms with Crippen molar-refractivity contribution in [3.8, 4) is 0 Å². The summed E-state index contributed by atoms with van der Waals surface area (Å²) in [6.45, 7) is 9.94. The van der Waals surface area contributed by atoms with Crippen molar-refractivity contribution in [2.75, 3.05) is 0 Å². The average Bonchev–Trinajstić information content (AvgIpc) is 2.14. The van der Waals surface area contributed by atoms with Crippen LogP contribution in [0.1, 0.15) is 39.5 Å². The van der Waals surface area contributed by atoms with Crippen LogP contribution < -0.4 is 0 Å². The van der Waals surface area contributed by atoms with Gasteiger partial charge in [-0.05, 0) is 25.8 Å². The van der Waals surface area contributed by atoms with Crippen molar-refractivity contribution in [2.45, 2.75) is 51.3 Å². The molecule has 0 saturated carbocycles. The van der Waals surface area contributed by atoms with Gasteiger partial charge in [0.15, 0.2) is 0 Å². The van der Waals surface area contributed by atoms with Crippen LogP contribution in [0.25, 0.3) is 0 Å². The molecule has 1 unspecified atom stereocenters. The SMILES string of the molecule is C=CC(CCCCC)(OC(=C)C)C(F)(F)F. The van der Waals surface area contributed by atoms with Crippen molar-refractivity contribution in [3.05, 3.63) is 25.0 Å². The Kier molecular flexibility index (Phi) is 5.62. The van der Waals surface area contributed by atoms with Gasteiger partial charge in [0, 0.05) is 0 Å². The van der Waals surface area contributed by atoms with Crippen molar-refractivity contribution in [3.63, 3.8) is 0 Å². The molecule has 0 aromatic heterocycles. The number of hydrogen-bond donors (Lipinski definition) is 0. The summed E-state index contributed by atoms with van der Waals surface area (Å²) in [7, 11) is 0. The zero-order valence-electron chi connectivity index (χ0n) is 9.86. The summed E-state index contributed by atoms with van der Waals surface area (Å²) in [5, 5.41) is 0. The molecular weight excluding hydrogens is 217 g/mol. The number of halogens is 3. The summed E-state index contributed by atoms with van der Waals surface area (Å²) in [5.41, 5.74) is -2.28. The first-order chi connectivity index (χ1) is 7.29. The number of ether oxygens (including phenoxy) is 1. The molecule has 0 spiro atoms. The standard InChI is InChI=1S/C12H19F3O/c1-5-7-8-9-11(6-2,12(13,14)15)16-10(3)4/h6H,2-3,5,7-9H2,1,4H3. The van der Waals surface area contributed by atoms with Gasteiger partial charge < -0.3 is 4.74 Å². The molecule has 0 N–H and O–H groups in total. The summed E-state index contributed by atoms with van der Waals surface area (Å²) in [5.74, 6) is 0.0497. The first-order valence-electron chi connectivity index (χ1n) is 5.34. The summed E-state index contributed by atoms with van der Waals surface area (Å²) < 4.78 is 43.6. The lowest BCUT2D eigenvalue weighted by Crippen LogP contribution is -2.45. The molecule has 4 heteroatoms. The molecule has 0 fully saturated rings. The highest BCUT2D eigenvalue weighted by atomic mass is 19.4. The average molecular weight is 236 g/mol. The minimum absolute atomic E-state index is 0.0497. The normalized spacial score (nSPS) is 15.3. The third-order valence-electron chi connectivity index (χ3n) is 2.32. The van der Waals surface area contributed by atoms with E-state index >= 15 is 0 Å². The summed E-state index contributed by atoms with van der Waals surface area (Å²) >= 11 is 0. The molecule has 0 aliphatic carbocycles. The lowest BCUT2D eigenvalue weighted by atomic mass is 9.95. The van der Waals surface area contributed by atoms with E-state index in [0.29, 0.717) is 6.42 Å². The quantitative estimate of drug-likeness (QED) is 0.356. The van der Waals surface area contributed by atoms with Gasteiger partial charge in [-0.1, -0.05) is 32.9 Å². The Hall–Kier alpha value is -0.930. The number of alkyl halides is 3. The van der Waals surface area contributed by atoms with E-state index in [1.54, 1.807) is 0 Å². The van der Waals surface area contributed by atoms with Gasteiger partial charge in [0.2, 0.25) is 5.60 Å². The van der Waals surface area contributed by atoms with Gasteiger partial charge in [-0.15, -0.1) is 0 Å². The van der Waals surface area contributed by atoms with Crippen LogP contribution in [-0.4, -0.2) is 11.8 Å². The van der Waals surface area contributed by atoms with E-state index in [-0.39, 0.29) is 12.2 Å². The highest BCUT2D eigenvalue weighted by Crippen LogP contribution is 2.40. The van der Waals surface area contributed by atoms with E-state index < -0.39 is 11.8 Å². The fourth-order valence-electron chi connectivity index (χ4n) is 1.46. The molecule has 0 bridgehead atoms. The summed E-state index contributed by atoms with van der Waals surface area (Å²) in [6.07, 6.45) is -1.68. The second-order valence-corrected chi connectivity index (χ2v) is 3.85. The maximum Gasteiger partial charge on any atom is 0.431 e. The van der Waals surface area contributed by atoms with Crippen molar-refractivity contribution < 1.29 is 17.9 Å². The minimum Gasteiger partial charge on any atom is -0.479 e. The Bertz CT molecular complexity index is 245. The second kappa shape index (κ2) is 5.97. The first-order valence-corrected chi connectivity index (χ1v) is 5.34. The van der Waals surface area contributed by atoms with E-state index in [9.17, 15) is 13.2 Å². The number of allylic oxidation sites excluding steroid dienone is 1. The first kappa shape index (κ1) is 15.1. The van der Waals surface area contributed by atoms with Crippen molar-refractivity contribution in [1.29, 1.82) is 0 Å². The molecule has 16 heavy (non-hydrogen) atoms. The predicted molar refractivity (Wildman–Crippen MR) is 59.0 cm³/mol. The molecule has 94 valence electrons. The minimum atomic E-state index is -4.46. The molecule has 0 radical (unpaired) electrons. The van der Waals surface area contributed by atoms with Crippen molar-refractivity contribution in [1.82, 2.24) is 0 Å². The van der Waals surface area contributed by atoms with Crippen LogP contribution >= 0.6 is 0 Å². The number of unbranched alkanes of at least 4 members (excludes halogenated alkanes) is 2. The monoisotopic (exact) mass is 236 g/mol. The largest absolute Gasteiger partial charge is 0.479 e. The molecule has 0 rings (SSSR count). The van der Waals surface area contributed by atoms with E-state index in [4.69, 9.17) is 4.74 Å². The van der Waals surface area contributed by atoms with Crippen molar-refractivity contribution >= 4 is 0 Å². The molecule has 0 aliphatic rings. The lowest BCUT2D eigenvalue weighted by Gasteiger charge is -2.33. The topological polar surface area (TPSA) is 9.23 Å². The van der Waals surface area contributed by atoms with Gasteiger partial charge >= 0.3 is 6.18 Å². The lowest BCUT2D eigenvalue weighted by molar-refractivity contribution is -0.248. The van der Waals surface area contributed by atoms with Gasteiger partial charge in [0.25, 0.3) is 0 Å². The molecular formula is C12H19F3O. The van der Waals surface area contributed by atoms with Crippen LogP contribution in [-0.2, 0) is 4.74 Å². The predicted octanol–water partition coefficient (Wildman–Crippen LogP) is 4.60. The fraction of sp³-hybridized carbons (Fsp3) is 0.667. The van der Waals surface area contributed by atoms with Gasteiger partial charge in [-0.2, -0.15) is 13.2 Å². The highest BCUT2D eigenvalue weighted by molar-refractivity contribution is 5.06. The molecule has 0 aromatic rings. The molecule has 0 amide bonds. The summed E-state index contributed by atoms with van der Waals surface area (Å²) in [6, 6.07) is 0. The number of hydrogen-bond acceptors (Lipinski definition) is 1. The Morgan fingerprint density at radius 1 is 1.31 bits per heavy atom. The van der Waals surface area contributed by atoms with Crippen LogP contribution in [0, 0.1) is 0 Å². The van der Waals surface area contributed by atoms with Crippen LogP contribution in [0.15, 0.2) is 25.0 Å². The van der Waals surface area contributed by atoms with E-state index in [1.807, 2.05) is 6.92 Å². The van der Waals surface area contributed by atoms with Gasteiger partial charge in [-0.25, -0.2) is 0 Å². The maximum absolute atomic E-state index is 12.9. The Labute approximate surface area is 95.0 Å². The molecule has 1 nitrogen and oxygen atoms in total. The van der Waals surface area contributed by atoms with E-state index in [0.717, 1.165) is 18.9 Å². The smallest absolute Gasteiger partial charge is 0.431 e. The molecule has 1 atom stereocenters. The molecule has 0 aliphatic heterocycles. The van der Waals surface area contributed by atoms with Crippen molar-refractivity contribution in [2.24, 2.45) is 0 Å². The molecule has 0 aromatic carbocycles. The highest BCUT2D eigenvalue weighted by Gasteiger charge is 2.54. The van der Waals surface area contributed by atoms with Crippen LogP contribution in [0.5, 0.6) is 0 Å². The summed E-state index contributed by atoms with van der Waals surface area (Å²) in [4.78, 5) is 0. The third kappa shape index (κ3) is 3.91. The van der Waals surface area contributed by atoms with Crippen LogP contribution in [0.4, 0.5) is 13.2 Å². The van der Waals surface area contributed by atoms with Crippen LogP contribution in [0.3, 0.4) is 0 Å². The molecule has 0 heterocycles. The van der Waals surface area contributed by atoms with Gasteiger partial charge in [0.05, 0.1) is 5.76 Å². The number of rotatable bonds is 7.